The fraction of sp³-hybridized carbons (Fsp3) is 0.281. The fourth-order valence-electron chi connectivity index (χ4n) is 4.87. The summed E-state index contributed by atoms with van der Waals surface area (Å²) in [6, 6.07) is 21.3. The Hall–Kier alpha value is -4.02. The third kappa shape index (κ3) is 6.24. The van der Waals surface area contributed by atoms with Gasteiger partial charge in [-0.15, -0.1) is 11.3 Å². The van der Waals surface area contributed by atoms with Gasteiger partial charge in [-0.05, 0) is 54.7 Å². The summed E-state index contributed by atoms with van der Waals surface area (Å²) in [7, 11) is -4.18. The van der Waals surface area contributed by atoms with E-state index in [0.717, 1.165) is 74.0 Å². The molecule has 42 heavy (non-hydrogen) atoms. The van der Waals surface area contributed by atoms with Gasteiger partial charge >= 0.3 is 6.09 Å². The van der Waals surface area contributed by atoms with Gasteiger partial charge in [-0.2, -0.15) is 0 Å². The van der Waals surface area contributed by atoms with Crippen LogP contribution in [0.15, 0.2) is 70.9 Å². The molecule has 0 fully saturated rings. The molecular formula is C32H34N4O4S2. The van der Waals surface area contributed by atoms with Crippen molar-refractivity contribution < 1.29 is 17.9 Å². The maximum atomic E-state index is 13.4. The number of amides is 1. The van der Waals surface area contributed by atoms with E-state index in [2.05, 4.69) is 23.1 Å². The molecule has 10 heteroatoms. The maximum absolute atomic E-state index is 13.4. The molecule has 0 saturated heterocycles. The number of hydrogen-bond donors (Lipinski definition) is 1. The largest absolute Gasteiger partial charge is 0.449 e. The van der Waals surface area contributed by atoms with E-state index in [-0.39, 0.29) is 10.8 Å². The van der Waals surface area contributed by atoms with Crippen molar-refractivity contribution in [3.05, 3.63) is 89.4 Å². The normalized spacial score (nSPS) is 11.6. The van der Waals surface area contributed by atoms with Gasteiger partial charge in [0.25, 0.3) is 10.0 Å². The van der Waals surface area contributed by atoms with Crippen molar-refractivity contribution in [2.45, 2.75) is 57.7 Å². The quantitative estimate of drug-likeness (QED) is 0.169. The Labute approximate surface area is 250 Å². The molecule has 8 nitrogen and oxygen atoms in total. The Morgan fingerprint density at radius 3 is 2.40 bits per heavy atom. The van der Waals surface area contributed by atoms with Gasteiger partial charge in [0, 0.05) is 22.6 Å². The van der Waals surface area contributed by atoms with Crippen LogP contribution >= 0.6 is 11.3 Å². The lowest BCUT2D eigenvalue weighted by Crippen LogP contribution is -2.31. The van der Waals surface area contributed by atoms with Crippen LogP contribution < -0.4 is 4.72 Å². The second kappa shape index (κ2) is 12.5. The molecular weight excluding hydrogens is 569 g/mol. The number of carbonyl (C=O) groups excluding carboxylic acids is 1. The van der Waals surface area contributed by atoms with E-state index in [1.54, 1.807) is 0 Å². The van der Waals surface area contributed by atoms with Gasteiger partial charge in [0.05, 0.1) is 13.2 Å². The van der Waals surface area contributed by atoms with Crippen LogP contribution in [0.25, 0.3) is 32.7 Å². The van der Waals surface area contributed by atoms with Crippen LogP contribution in [0.3, 0.4) is 0 Å². The standard InChI is InChI=1S/C32H34N4O4S2/c1-5-7-17-40-32(37)35-42(38,39)31-26(19-27(41-31)25-11-9-8-10-12-25)24-15-13-23(14-16-24)20-36-28(6-2)34-29-21(3)18-22(4)33-30(29)36/h8-16,18-19H,5-7,17,20H2,1-4H3,(H,35,37). The van der Waals surface area contributed by atoms with Gasteiger partial charge in [-0.3, -0.25) is 0 Å². The molecule has 218 valence electrons. The molecule has 0 radical (unpaired) electrons. The molecule has 0 saturated carbocycles. The van der Waals surface area contributed by atoms with Crippen LogP contribution in [0.5, 0.6) is 0 Å². The van der Waals surface area contributed by atoms with Gasteiger partial charge in [0.2, 0.25) is 0 Å². The van der Waals surface area contributed by atoms with E-state index in [4.69, 9.17) is 14.7 Å². The monoisotopic (exact) mass is 602 g/mol. The van der Waals surface area contributed by atoms with Crippen LogP contribution in [-0.4, -0.2) is 35.7 Å². The highest BCUT2D eigenvalue weighted by molar-refractivity contribution is 7.92. The predicted molar refractivity (Wildman–Crippen MR) is 167 cm³/mol. The van der Waals surface area contributed by atoms with Gasteiger partial charge in [-0.25, -0.2) is 27.9 Å². The Morgan fingerprint density at radius 2 is 1.71 bits per heavy atom. The molecule has 0 aliphatic carbocycles. The molecule has 3 aromatic heterocycles. The van der Waals surface area contributed by atoms with E-state index in [1.807, 2.05) is 80.6 Å². The summed E-state index contributed by atoms with van der Waals surface area (Å²) in [6.07, 6.45) is 1.29. The number of imidazole rings is 1. The number of fused-ring (bicyclic) bond motifs is 1. The number of unbranched alkanes of at least 4 members (excludes halogenated alkanes) is 1. The molecule has 0 unspecified atom stereocenters. The van der Waals surface area contributed by atoms with E-state index in [9.17, 15) is 13.2 Å². The van der Waals surface area contributed by atoms with Gasteiger partial charge in [0.1, 0.15) is 15.6 Å². The van der Waals surface area contributed by atoms with Gasteiger partial charge in [0.15, 0.2) is 5.65 Å². The number of sulfonamides is 1. The number of aryl methyl sites for hydroxylation is 3. The van der Waals surface area contributed by atoms with Crippen molar-refractivity contribution in [2.75, 3.05) is 6.61 Å². The second-order valence-corrected chi connectivity index (χ2v) is 13.1. The number of pyridine rings is 1. The van der Waals surface area contributed by atoms with Crippen LogP contribution in [0.2, 0.25) is 0 Å². The number of thiophene rings is 1. The molecule has 0 bridgehead atoms. The van der Waals surface area contributed by atoms with Crippen molar-refractivity contribution >= 4 is 38.6 Å². The SMILES string of the molecule is CCCCOC(=O)NS(=O)(=O)c1sc(-c2ccccc2)cc1-c1ccc(Cn2c(CC)nc3c(C)cc(C)nc32)cc1. The second-order valence-electron chi connectivity index (χ2n) is 10.2. The lowest BCUT2D eigenvalue weighted by molar-refractivity contribution is 0.151. The topological polar surface area (TPSA) is 103 Å². The zero-order chi connectivity index (χ0) is 29.9. The van der Waals surface area contributed by atoms with E-state index in [1.165, 1.54) is 0 Å². The maximum Gasteiger partial charge on any atom is 0.421 e. The average Bonchev–Trinajstić information content (AvgIpc) is 3.57. The Kier molecular flexibility index (Phi) is 8.74. The highest BCUT2D eigenvalue weighted by Crippen LogP contribution is 2.40. The molecule has 0 spiro atoms. The lowest BCUT2D eigenvalue weighted by Gasteiger charge is -2.11. The van der Waals surface area contributed by atoms with E-state index >= 15 is 0 Å². The highest BCUT2D eigenvalue weighted by atomic mass is 32.2. The summed E-state index contributed by atoms with van der Waals surface area (Å²) in [6.45, 7) is 8.83. The first-order chi connectivity index (χ1) is 20.2. The first-order valence-electron chi connectivity index (χ1n) is 14.0. The number of hydrogen-bond acceptors (Lipinski definition) is 7. The van der Waals surface area contributed by atoms with Gasteiger partial charge < -0.3 is 9.30 Å². The third-order valence-corrected chi connectivity index (χ3v) is 10.0. The van der Waals surface area contributed by atoms with Gasteiger partial charge in [-0.1, -0.05) is 74.9 Å². The average molecular weight is 603 g/mol. The first-order valence-corrected chi connectivity index (χ1v) is 16.3. The number of benzene rings is 2. The highest BCUT2D eigenvalue weighted by Gasteiger charge is 2.26. The number of ether oxygens (including phenoxy) is 1. The predicted octanol–water partition coefficient (Wildman–Crippen LogP) is 7.27. The lowest BCUT2D eigenvalue weighted by atomic mass is 10.1. The summed E-state index contributed by atoms with van der Waals surface area (Å²) < 4.78 is 36.2. The zero-order valence-corrected chi connectivity index (χ0v) is 25.8. The summed E-state index contributed by atoms with van der Waals surface area (Å²) in [5, 5.41) is 0. The number of nitrogens with zero attached hydrogens (tertiary/aromatic N) is 3. The molecule has 0 aliphatic rings. The first kappa shape index (κ1) is 29.5. The smallest absolute Gasteiger partial charge is 0.421 e. The molecule has 5 aromatic rings. The number of aromatic nitrogens is 3. The molecule has 0 atom stereocenters. The molecule has 1 N–H and O–H groups in total. The van der Waals surface area contributed by atoms with Crippen molar-refractivity contribution in [1.82, 2.24) is 19.3 Å². The van der Waals surface area contributed by atoms with Crippen LogP contribution in [-0.2, 0) is 27.7 Å². The number of nitrogens with one attached hydrogen (secondary N) is 1. The van der Waals surface area contributed by atoms with E-state index < -0.39 is 16.1 Å². The molecule has 2 aromatic carbocycles. The number of rotatable bonds is 10. The Balaban J connectivity index is 1.49. The molecule has 3 heterocycles. The van der Waals surface area contributed by atoms with Crippen molar-refractivity contribution in [3.8, 4) is 21.6 Å². The Bertz CT molecular complexity index is 1830. The zero-order valence-electron chi connectivity index (χ0n) is 24.2. The molecule has 0 aliphatic heterocycles. The fourth-order valence-corrected chi connectivity index (χ4v) is 7.46. The third-order valence-electron chi connectivity index (χ3n) is 6.97. The number of carbonyl (C=O) groups is 1. The molecule has 1 amide bonds. The summed E-state index contributed by atoms with van der Waals surface area (Å²) in [5.41, 5.74) is 7.01. The van der Waals surface area contributed by atoms with Crippen LogP contribution in [0, 0.1) is 13.8 Å². The molecule has 5 rings (SSSR count). The summed E-state index contributed by atoms with van der Waals surface area (Å²) in [5.74, 6) is 0.964. The summed E-state index contributed by atoms with van der Waals surface area (Å²) >= 11 is 1.12. The minimum absolute atomic E-state index is 0.0607. The van der Waals surface area contributed by atoms with Crippen LogP contribution in [0.1, 0.15) is 49.3 Å². The van der Waals surface area contributed by atoms with Crippen LogP contribution in [0.4, 0.5) is 4.79 Å². The van der Waals surface area contributed by atoms with E-state index in [0.29, 0.717) is 18.5 Å². The van der Waals surface area contributed by atoms with Crippen molar-refractivity contribution in [3.63, 3.8) is 0 Å². The minimum Gasteiger partial charge on any atom is -0.449 e. The summed E-state index contributed by atoms with van der Waals surface area (Å²) in [4.78, 5) is 22.7. The minimum atomic E-state index is -4.18. The van der Waals surface area contributed by atoms with Crippen molar-refractivity contribution in [2.24, 2.45) is 0 Å². The Morgan fingerprint density at radius 1 is 0.976 bits per heavy atom. The van der Waals surface area contributed by atoms with Crippen molar-refractivity contribution in [1.29, 1.82) is 0 Å².